The highest BCUT2D eigenvalue weighted by atomic mass is 19.1. The van der Waals surface area contributed by atoms with Crippen molar-refractivity contribution in [3.63, 3.8) is 0 Å². The number of benzene rings is 1. The molecule has 7 heteroatoms. The van der Waals surface area contributed by atoms with E-state index in [4.69, 9.17) is 0 Å². The van der Waals surface area contributed by atoms with Crippen LogP contribution in [0.1, 0.15) is 52.4 Å². The molecule has 0 atom stereocenters. The van der Waals surface area contributed by atoms with Crippen LogP contribution in [0.2, 0.25) is 0 Å². The zero-order chi connectivity index (χ0) is 22.9. The summed E-state index contributed by atoms with van der Waals surface area (Å²) in [5.74, 6) is 0.370. The molecule has 1 saturated carbocycles. The molecule has 2 fully saturated rings. The van der Waals surface area contributed by atoms with E-state index in [2.05, 4.69) is 4.98 Å². The van der Waals surface area contributed by atoms with Gasteiger partial charge in [-0.3, -0.25) is 14.2 Å². The third kappa shape index (κ3) is 4.77. The van der Waals surface area contributed by atoms with Crippen molar-refractivity contribution in [3.05, 3.63) is 52.8 Å². The number of carbonyl (C=O) groups is 1. The van der Waals surface area contributed by atoms with Gasteiger partial charge in [0.1, 0.15) is 5.82 Å². The molecule has 2 aliphatic rings. The molecule has 1 N–H and O–H groups in total. The van der Waals surface area contributed by atoms with Crippen LogP contribution in [0.3, 0.4) is 0 Å². The molecule has 2 heterocycles. The van der Waals surface area contributed by atoms with E-state index in [9.17, 15) is 19.1 Å². The maximum atomic E-state index is 14.0. The Bertz CT molecular complexity index is 1040. The number of carbonyl (C=O) groups excluding carboxylic acids is 1. The molecule has 1 aliphatic heterocycles. The molecule has 172 valence electrons. The van der Waals surface area contributed by atoms with Crippen molar-refractivity contribution in [2.45, 2.75) is 64.5 Å². The summed E-state index contributed by atoms with van der Waals surface area (Å²) in [6.45, 7) is 5.09. The molecule has 1 saturated heterocycles. The van der Waals surface area contributed by atoms with Gasteiger partial charge < -0.3 is 10.0 Å². The van der Waals surface area contributed by atoms with E-state index in [0.717, 1.165) is 6.42 Å². The number of piperidine rings is 1. The first-order valence-electron chi connectivity index (χ1n) is 11.5. The molecule has 32 heavy (non-hydrogen) atoms. The second kappa shape index (κ2) is 8.77. The third-order valence-electron chi connectivity index (χ3n) is 7.08. The summed E-state index contributed by atoms with van der Waals surface area (Å²) >= 11 is 0. The van der Waals surface area contributed by atoms with Crippen molar-refractivity contribution in [1.82, 2.24) is 14.5 Å². The second-order valence-corrected chi connectivity index (χ2v) is 10.1. The van der Waals surface area contributed by atoms with E-state index in [1.165, 1.54) is 42.3 Å². The lowest BCUT2D eigenvalue weighted by Gasteiger charge is -2.42. The first-order chi connectivity index (χ1) is 15.2. The molecular formula is C25H32FN3O3. The van der Waals surface area contributed by atoms with Gasteiger partial charge in [0.25, 0.3) is 5.56 Å². The summed E-state index contributed by atoms with van der Waals surface area (Å²) in [5, 5.41) is 11.1. The van der Waals surface area contributed by atoms with Gasteiger partial charge >= 0.3 is 0 Å². The molecule has 0 unspecified atom stereocenters. The van der Waals surface area contributed by atoms with Crippen LogP contribution in [0.25, 0.3) is 11.3 Å². The largest absolute Gasteiger partial charge is 0.388 e. The molecule has 6 nitrogen and oxygen atoms in total. The van der Waals surface area contributed by atoms with Crippen LogP contribution < -0.4 is 5.56 Å². The van der Waals surface area contributed by atoms with Crippen LogP contribution in [-0.2, 0) is 11.3 Å². The molecule has 2 aromatic rings. The highest BCUT2D eigenvalue weighted by Crippen LogP contribution is 2.39. The molecule has 1 aliphatic carbocycles. The van der Waals surface area contributed by atoms with Crippen molar-refractivity contribution in [3.8, 4) is 11.3 Å². The number of hydrogen-bond acceptors (Lipinski definition) is 4. The number of aliphatic hydroxyl groups is 1. The maximum Gasteiger partial charge on any atom is 0.253 e. The number of halogens is 1. The van der Waals surface area contributed by atoms with Crippen molar-refractivity contribution in [1.29, 1.82) is 0 Å². The minimum Gasteiger partial charge on any atom is -0.388 e. The summed E-state index contributed by atoms with van der Waals surface area (Å²) in [7, 11) is 0. The molecule has 4 rings (SSSR count). The van der Waals surface area contributed by atoms with E-state index in [0.29, 0.717) is 31.8 Å². The Labute approximate surface area is 188 Å². The van der Waals surface area contributed by atoms with Gasteiger partial charge in [-0.15, -0.1) is 0 Å². The van der Waals surface area contributed by atoms with Gasteiger partial charge in [-0.05, 0) is 37.3 Å². The fourth-order valence-corrected chi connectivity index (χ4v) is 4.90. The first kappa shape index (κ1) is 22.6. The number of rotatable bonds is 6. The van der Waals surface area contributed by atoms with E-state index in [-0.39, 0.29) is 34.7 Å². The smallest absolute Gasteiger partial charge is 0.253 e. The van der Waals surface area contributed by atoms with Crippen LogP contribution in [0, 0.1) is 17.2 Å². The van der Waals surface area contributed by atoms with E-state index in [1.807, 2.05) is 18.7 Å². The summed E-state index contributed by atoms with van der Waals surface area (Å²) < 4.78 is 15.4. The Morgan fingerprint density at radius 2 is 1.94 bits per heavy atom. The van der Waals surface area contributed by atoms with Crippen molar-refractivity contribution in [2.24, 2.45) is 11.3 Å². The molecule has 0 bridgehead atoms. The average molecular weight is 442 g/mol. The van der Waals surface area contributed by atoms with Crippen LogP contribution in [-0.4, -0.2) is 44.2 Å². The Morgan fingerprint density at radius 3 is 2.53 bits per heavy atom. The quantitative estimate of drug-likeness (QED) is 0.743. The van der Waals surface area contributed by atoms with Gasteiger partial charge in [-0.1, -0.05) is 45.2 Å². The predicted molar refractivity (Wildman–Crippen MR) is 120 cm³/mol. The lowest BCUT2D eigenvalue weighted by Crippen LogP contribution is -2.52. The van der Waals surface area contributed by atoms with Gasteiger partial charge in [0.15, 0.2) is 0 Å². The topological polar surface area (TPSA) is 75.4 Å². The average Bonchev–Trinajstić information content (AvgIpc) is 2.73. The van der Waals surface area contributed by atoms with Crippen LogP contribution >= 0.6 is 0 Å². The maximum absolute atomic E-state index is 14.0. The molecular weight excluding hydrogens is 409 g/mol. The number of nitrogens with zero attached hydrogens (tertiary/aromatic N) is 3. The van der Waals surface area contributed by atoms with E-state index < -0.39 is 11.4 Å². The second-order valence-electron chi connectivity index (χ2n) is 10.1. The number of aromatic nitrogens is 2. The Kier molecular flexibility index (Phi) is 6.21. The highest BCUT2D eigenvalue weighted by molar-refractivity contribution is 5.82. The summed E-state index contributed by atoms with van der Waals surface area (Å²) in [6, 6.07) is 7.48. The lowest BCUT2D eigenvalue weighted by atomic mass is 9.72. The number of amides is 1. The third-order valence-corrected chi connectivity index (χ3v) is 7.08. The fraction of sp³-hybridized carbons (Fsp3) is 0.560. The SMILES string of the molecule is CC(C)(CC1CCC1)C(=O)N1CCC(O)(Cn2cnc(-c3ccccc3F)cc2=O)CC1. The highest BCUT2D eigenvalue weighted by Gasteiger charge is 2.40. The van der Waals surface area contributed by atoms with Crippen LogP contribution in [0.4, 0.5) is 4.39 Å². The Balaban J connectivity index is 1.39. The molecule has 1 aromatic carbocycles. The molecule has 1 amide bonds. The zero-order valence-corrected chi connectivity index (χ0v) is 18.9. The predicted octanol–water partition coefficient (Wildman–Crippen LogP) is 3.62. The van der Waals surface area contributed by atoms with Gasteiger partial charge in [-0.25, -0.2) is 9.37 Å². The van der Waals surface area contributed by atoms with E-state index >= 15 is 0 Å². The Morgan fingerprint density at radius 1 is 1.25 bits per heavy atom. The van der Waals surface area contributed by atoms with Crippen molar-refractivity contribution >= 4 is 5.91 Å². The van der Waals surface area contributed by atoms with Crippen molar-refractivity contribution in [2.75, 3.05) is 13.1 Å². The Hall–Kier alpha value is -2.54. The zero-order valence-electron chi connectivity index (χ0n) is 18.9. The van der Waals surface area contributed by atoms with Crippen LogP contribution in [0.15, 0.2) is 41.5 Å². The summed E-state index contributed by atoms with van der Waals surface area (Å²) in [6.07, 6.45) is 6.79. The first-order valence-corrected chi connectivity index (χ1v) is 11.5. The van der Waals surface area contributed by atoms with Crippen LogP contribution in [0.5, 0.6) is 0 Å². The normalized spacial score (nSPS) is 18.9. The van der Waals surface area contributed by atoms with Gasteiger partial charge in [0.2, 0.25) is 5.91 Å². The van der Waals surface area contributed by atoms with Gasteiger partial charge in [0, 0.05) is 30.1 Å². The van der Waals surface area contributed by atoms with Gasteiger partial charge in [-0.2, -0.15) is 0 Å². The molecule has 1 aromatic heterocycles. The van der Waals surface area contributed by atoms with Crippen molar-refractivity contribution < 1.29 is 14.3 Å². The monoisotopic (exact) mass is 441 g/mol. The fourth-order valence-electron chi connectivity index (χ4n) is 4.90. The lowest BCUT2D eigenvalue weighted by molar-refractivity contribution is -0.146. The molecule has 0 radical (unpaired) electrons. The van der Waals surface area contributed by atoms with Gasteiger partial charge in [0.05, 0.1) is 24.2 Å². The standard InChI is InChI=1S/C25H32FN3O3/c1-24(2,15-18-6-5-7-18)23(31)28-12-10-25(32,11-13-28)16-29-17-27-21(14-22(29)30)19-8-3-4-9-20(19)26/h3-4,8-9,14,17-18,32H,5-7,10-13,15-16H2,1-2H3. The minimum absolute atomic E-state index is 0.101. The van der Waals surface area contributed by atoms with E-state index in [1.54, 1.807) is 18.2 Å². The summed E-state index contributed by atoms with van der Waals surface area (Å²) in [4.78, 5) is 31.8. The number of hydrogen-bond donors (Lipinski definition) is 1. The summed E-state index contributed by atoms with van der Waals surface area (Å²) in [5.41, 5.74) is -1.27. The number of likely N-dealkylation sites (tertiary alicyclic amines) is 1. The molecule has 0 spiro atoms. The minimum atomic E-state index is -1.08.